The van der Waals surface area contributed by atoms with Gasteiger partial charge in [0.05, 0.1) is 30.1 Å². The van der Waals surface area contributed by atoms with Gasteiger partial charge < -0.3 is 19.6 Å². The third kappa shape index (κ3) is 4.12. The van der Waals surface area contributed by atoms with E-state index in [2.05, 4.69) is 16.0 Å². The van der Waals surface area contributed by atoms with E-state index in [9.17, 15) is 4.57 Å². The minimum Gasteiger partial charge on any atom is -0.384 e. The lowest BCUT2D eigenvalue weighted by molar-refractivity contribution is 0.103. The smallest absolute Gasteiger partial charge is 0.225 e. The average molecular weight is 399 g/mol. The first-order valence-corrected chi connectivity index (χ1v) is 11.1. The molecule has 142 valence electrons. The van der Waals surface area contributed by atoms with E-state index in [4.69, 9.17) is 26.6 Å². The van der Waals surface area contributed by atoms with Gasteiger partial charge in [-0.25, -0.2) is 9.97 Å². The van der Waals surface area contributed by atoms with Crippen LogP contribution in [-0.4, -0.2) is 39.8 Å². The molecule has 26 heavy (non-hydrogen) atoms. The van der Waals surface area contributed by atoms with Crippen LogP contribution in [0, 0.1) is 0 Å². The zero-order chi connectivity index (χ0) is 19.1. The number of ether oxygens (including phenoxy) is 1. The van der Waals surface area contributed by atoms with Crippen molar-refractivity contribution in [2.24, 2.45) is 0 Å². The summed E-state index contributed by atoms with van der Waals surface area (Å²) in [5, 5.41) is 0.295. The number of pyridine rings is 1. The Labute approximate surface area is 158 Å². The average Bonchev–Trinajstić information content (AvgIpc) is 3.07. The Hall–Kier alpha value is -1.40. The minimum atomic E-state index is -2.77. The van der Waals surface area contributed by atoms with Crippen LogP contribution in [-0.2, 0) is 13.8 Å². The van der Waals surface area contributed by atoms with Gasteiger partial charge in [-0.2, -0.15) is 0 Å². The van der Waals surface area contributed by atoms with Crippen molar-refractivity contribution in [2.75, 3.05) is 18.7 Å². The monoisotopic (exact) mass is 398 g/mol. The molecule has 0 amide bonds. The number of nitrogen functional groups attached to an aromatic ring is 1. The molecule has 3 rings (SSSR count). The van der Waals surface area contributed by atoms with Crippen LogP contribution in [0.1, 0.15) is 33.2 Å². The zero-order valence-corrected chi connectivity index (χ0v) is 17.0. The van der Waals surface area contributed by atoms with Crippen LogP contribution in [0.4, 0.5) is 5.82 Å². The van der Waals surface area contributed by atoms with Gasteiger partial charge >= 0.3 is 0 Å². The molecule has 9 heteroatoms. The van der Waals surface area contributed by atoms with E-state index >= 15 is 0 Å². The molecule has 2 aromatic rings. The summed E-state index contributed by atoms with van der Waals surface area (Å²) in [4.78, 5) is 8.40. The van der Waals surface area contributed by atoms with Gasteiger partial charge in [-0.3, -0.25) is 4.57 Å². The maximum absolute atomic E-state index is 12.4. The number of nitrogens with zero attached hydrogens (tertiary/aromatic N) is 3. The number of hydrogen-bond donors (Lipinski definition) is 1. The second-order valence-corrected chi connectivity index (χ2v) is 9.88. The first kappa shape index (κ1) is 19.4. The molecule has 3 atom stereocenters. The van der Waals surface area contributed by atoms with Crippen LogP contribution in [0.5, 0.6) is 0 Å². The number of halogens is 1. The van der Waals surface area contributed by atoms with Gasteiger partial charge in [-0.15, -0.1) is 0 Å². The van der Waals surface area contributed by atoms with Crippen LogP contribution in [0.2, 0.25) is 5.15 Å². The van der Waals surface area contributed by atoms with Crippen molar-refractivity contribution < 1.29 is 13.8 Å². The predicted molar refractivity (Wildman–Crippen MR) is 104 cm³/mol. The van der Waals surface area contributed by atoms with E-state index < -0.39 is 7.37 Å². The van der Waals surface area contributed by atoms with E-state index in [1.807, 2.05) is 25.3 Å². The third-order valence-electron chi connectivity index (χ3n) is 4.26. The molecule has 1 aliphatic rings. The Kier molecular flexibility index (Phi) is 5.45. The van der Waals surface area contributed by atoms with E-state index in [1.165, 1.54) is 0 Å². The number of anilines is 1. The molecule has 0 saturated carbocycles. The lowest BCUT2D eigenvalue weighted by Crippen LogP contribution is -2.14. The molecule has 1 aliphatic carbocycles. The Morgan fingerprint density at radius 1 is 1.50 bits per heavy atom. The number of fused-ring (bicyclic) bond motifs is 1. The lowest BCUT2D eigenvalue weighted by Gasteiger charge is -2.20. The van der Waals surface area contributed by atoms with E-state index in [0.29, 0.717) is 16.5 Å². The normalized spacial score (nSPS) is 22.8. The van der Waals surface area contributed by atoms with Crippen LogP contribution in [0.3, 0.4) is 0 Å². The van der Waals surface area contributed by atoms with Gasteiger partial charge in [0.25, 0.3) is 0 Å². The molecule has 0 spiro atoms. The molecule has 0 fully saturated rings. The van der Waals surface area contributed by atoms with Crippen molar-refractivity contribution in [3.63, 3.8) is 0 Å². The Balaban J connectivity index is 1.75. The van der Waals surface area contributed by atoms with Crippen molar-refractivity contribution >= 4 is 35.8 Å². The minimum absolute atomic E-state index is 0.0742. The number of allylic oxidation sites excluding steroid dienone is 1. The lowest BCUT2D eigenvalue weighted by atomic mass is 10.1. The van der Waals surface area contributed by atoms with E-state index in [1.54, 1.807) is 19.1 Å². The molecule has 0 aromatic carbocycles. The molecule has 0 bridgehead atoms. The highest BCUT2D eigenvalue weighted by Crippen LogP contribution is 2.45. The largest absolute Gasteiger partial charge is 0.384 e. The number of nitrogens with two attached hydrogens (primary N) is 1. The summed E-state index contributed by atoms with van der Waals surface area (Å²) in [6.45, 7) is 7.38. The Morgan fingerprint density at radius 3 is 2.92 bits per heavy atom. The van der Waals surface area contributed by atoms with Gasteiger partial charge in [0.2, 0.25) is 7.37 Å². The molecular formula is C17H24ClN4O3P. The Morgan fingerprint density at radius 2 is 2.23 bits per heavy atom. The fourth-order valence-electron chi connectivity index (χ4n) is 3.29. The van der Waals surface area contributed by atoms with Crippen molar-refractivity contribution in [3.8, 4) is 0 Å². The van der Waals surface area contributed by atoms with Crippen LogP contribution in [0.15, 0.2) is 24.0 Å². The summed E-state index contributed by atoms with van der Waals surface area (Å²) in [6, 6.07) is 1.84. The molecule has 2 N–H and O–H groups in total. The predicted octanol–water partition coefficient (Wildman–Crippen LogP) is 4.23. The molecule has 0 radical (unpaired) electrons. The maximum atomic E-state index is 12.4. The first-order valence-electron chi connectivity index (χ1n) is 8.49. The first-order chi connectivity index (χ1) is 12.2. The van der Waals surface area contributed by atoms with E-state index in [-0.39, 0.29) is 24.6 Å². The van der Waals surface area contributed by atoms with Crippen LogP contribution < -0.4 is 5.73 Å². The highest BCUT2D eigenvalue weighted by Gasteiger charge is 2.29. The summed E-state index contributed by atoms with van der Waals surface area (Å²) in [6.07, 6.45) is 4.39. The molecule has 2 aromatic heterocycles. The summed E-state index contributed by atoms with van der Waals surface area (Å²) >= 11 is 6.14. The van der Waals surface area contributed by atoms with Gasteiger partial charge in [0.1, 0.15) is 17.7 Å². The second kappa shape index (κ2) is 7.31. The molecule has 0 aliphatic heterocycles. The fourth-order valence-corrected chi connectivity index (χ4v) is 4.95. The van der Waals surface area contributed by atoms with Gasteiger partial charge in [0, 0.05) is 19.2 Å². The van der Waals surface area contributed by atoms with Crippen molar-refractivity contribution in [3.05, 3.63) is 29.2 Å². The second-order valence-electron chi connectivity index (χ2n) is 7.02. The van der Waals surface area contributed by atoms with Crippen LogP contribution in [0.25, 0.3) is 11.0 Å². The van der Waals surface area contributed by atoms with E-state index in [0.717, 1.165) is 17.5 Å². The highest BCUT2D eigenvalue weighted by molar-refractivity contribution is 7.57. The maximum Gasteiger partial charge on any atom is 0.225 e. The van der Waals surface area contributed by atoms with Gasteiger partial charge in [-0.05, 0) is 20.8 Å². The summed E-state index contributed by atoms with van der Waals surface area (Å²) in [5.74, 6) is 0.356. The molecular weight excluding hydrogens is 375 g/mol. The van der Waals surface area contributed by atoms with Crippen molar-refractivity contribution in [1.82, 2.24) is 14.5 Å². The Bertz CT molecular complexity index is 896. The van der Waals surface area contributed by atoms with Crippen molar-refractivity contribution in [2.45, 2.75) is 45.4 Å². The zero-order valence-electron chi connectivity index (χ0n) is 15.3. The summed E-state index contributed by atoms with van der Waals surface area (Å²) < 4.78 is 25.8. The number of rotatable bonds is 6. The standard InChI is InChI=1S/C17H24ClN4O3P/c1-10(2)25-26(4,23)9-24-12-5-11(3)13(6-12)22-8-20-16-14(22)7-15(19)21-17(16)18/h5,7-8,10,12-13H,6,9H2,1-4H3,(H2,19,21)/t12-,13-,26?/m1/s1. The number of imidazole rings is 1. The third-order valence-corrected chi connectivity index (χ3v) is 6.01. The number of aromatic nitrogens is 3. The SMILES string of the molecule is CC1=C[C@@H](OCP(C)(=O)OC(C)C)C[C@H]1n1cnc2c(Cl)nc(N)cc21. The molecule has 2 heterocycles. The van der Waals surface area contributed by atoms with Crippen LogP contribution >= 0.6 is 19.0 Å². The van der Waals surface area contributed by atoms with Crippen molar-refractivity contribution in [1.29, 1.82) is 0 Å². The topological polar surface area (TPSA) is 92.3 Å². The molecule has 0 saturated heterocycles. The molecule has 1 unspecified atom stereocenters. The fraction of sp³-hybridized carbons (Fsp3) is 0.529. The summed E-state index contributed by atoms with van der Waals surface area (Å²) in [7, 11) is -2.77. The number of hydrogen-bond acceptors (Lipinski definition) is 6. The quantitative estimate of drug-likeness (QED) is 0.444. The highest BCUT2D eigenvalue weighted by atomic mass is 35.5. The molecule has 7 nitrogen and oxygen atoms in total. The van der Waals surface area contributed by atoms with Gasteiger partial charge in [0.15, 0.2) is 5.15 Å². The van der Waals surface area contributed by atoms with Gasteiger partial charge in [-0.1, -0.05) is 23.3 Å². The summed E-state index contributed by atoms with van der Waals surface area (Å²) in [5.41, 5.74) is 8.44.